The highest BCUT2D eigenvalue weighted by Crippen LogP contribution is 2.38. The van der Waals surface area contributed by atoms with Gasteiger partial charge in [0.1, 0.15) is 23.4 Å². The van der Waals surface area contributed by atoms with Gasteiger partial charge in [0, 0.05) is 25.3 Å². The summed E-state index contributed by atoms with van der Waals surface area (Å²) in [6.45, 7) is 17.7. The monoisotopic (exact) mass is 481 g/mol. The zero-order chi connectivity index (χ0) is 23.9. The van der Waals surface area contributed by atoms with Crippen LogP contribution in [0.3, 0.4) is 0 Å². The molecular formula is C22H36ClN5O3Si. The van der Waals surface area contributed by atoms with E-state index in [0.29, 0.717) is 29.6 Å². The fourth-order valence-corrected chi connectivity index (χ4v) is 5.13. The van der Waals surface area contributed by atoms with Gasteiger partial charge in [-0.3, -0.25) is 0 Å². The standard InChI is InChI=1S/C22H36ClN5O3Si/c1-21(2,3)30-20(29)28-11-14(9-15(12-28)31-32(7,8)22(4,5)6)27-19-17-16(23)10-24-18(17)25-13-26-19/h10,13-15H,9,11-12H2,1-8H3,(H2,24,25,26,27). The number of nitrogens with zero attached hydrogens (tertiary/aromatic N) is 3. The normalized spacial score (nSPS) is 20.5. The number of rotatable bonds is 4. The summed E-state index contributed by atoms with van der Waals surface area (Å²) in [5.41, 5.74) is 0.103. The van der Waals surface area contributed by atoms with Gasteiger partial charge in [0.15, 0.2) is 8.32 Å². The Balaban J connectivity index is 1.85. The van der Waals surface area contributed by atoms with Crippen molar-refractivity contribution in [2.45, 2.75) is 83.8 Å². The van der Waals surface area contributed by atoms with Gasteiger partial charge in [0.05, 0.1) is 16.5 Å². The van der Waals surface area contributed by atoms with Gasteiger partial charge in [-0.1, -0.05) is 32.4 Å². The number of aromatic nitrogens is 3. The molecule has 1 fully saturated rings. The molecule has 0 spiro atoms. The third kappa shape index (κ3) is 5.74. The molecule has 1 aliphatic heterocycles. The Morgan fingerprint density at radius 3 is 2.53 bits per heavy atom. The van der Waals surface area contributed by atoms with Gasteiger partial charge in [-0.15, -0.1) is 0 Å². The zero-order valence-corrected chi connectivity index (χ0v) is 22.1. The first-order valence-corrected chi connectivity index (χ1v) is 14.3. The number of hydrogen-bond acceptors (Lipinski definition) is 6. The molecule has 8 nitrogen and oxygen atoms in total. The van der Waals surface area contributed by atoms with E-state index in [1.54, 1.807) is 11.1 Å². The molecular weight excluding hydrogens is 446 g/mol. The third-order valence-electron chi connectivity index (χ3n) is 6.09. The van der Waals surface area contributed by atoms with Gasteiger partial charge < -0.3 is 24.4 Å². The van der Waals surface area contributed by atoms with Crippen molar-refractivity contribution in [3.8, 4) is 0 Å². The van der Waals surface area contributed by atoms with Crippen molar-refractivity contribution in [2.24, 2.45) is 0 Å². The number of likely N-dealkylation sites (tertiary alicyclic amines) is 1. The first kappa shape index (κ1) is 24.8. The molecule has 1 saturated heterocycles. The second-order valence-electron chi connectivity index (χ2n) is 11.0. The van der Waals surface area contributed by atoms with E-state index in [1.807, 2.05) is 20.8 Å². The van der Waals surface area contributed by atoms with Crippen molar-refractivity contribution < 1.29 is 14.0 Å². The fraction of sp³-hybridized carbons (Fsp3) is 0.682. The van der Waals surface area contributed by atoms with Gasteiger partial charge >= 0.3 is 6.09 Å². The summed E-state index contributed by atoms with van der Waals surface area (Å²) in [6.07, 6.45) is 3.51. The van der Waals surface area contributed by atoms with Crippen molar-refractivity contribution in [1.82, 2.24) is 19.9 Å². The number of amides is 1. The summed E-state index contributed by atoms with van der Waals surface area (Å²) >= 11 is 6.36. The van der Waals surface area contributed by atoms with Crippen molar-refractivity contribution in [3.63, 3.8) is 0 Å². The number of anilines is 1. The molecule has 0 aliphatic carbocycles. The second kappa shape index (κ2) is 8.83. The maximum absolute atomic E-state index is 12.9. The molecule has 2 unspecified atom stereocenters. The van der Waals surface area contributed by atoms with Crippen LogP contribution in [-0.2, 0) is 9.16 Å². The molecule has 0 aromatic carbocycles. The lowest BCUT2D eigenvalue weighted by molar-refractivity contribution is 0.00391. The molecule has 2 atom stereocenters. The van der Waals surface area contributed by atoms with E-state index < -0.39 is 13.9 Å². The quantitative estimate of drug-likeness (QED) is 0.566. The molecule has 0 saturated carbocycles. The predicted molar refractivity (Wildman–Crippen MR) is 131 cm³/mol. The SMILES string of the molecule is CC(C)(C)OC(=O)N1CC(Nc2ncnc3[nH]cc(Cl)c23)CC(O[Si](C)(C)C(C)(C)C)C1. The topological polar surface area (TPSA) is 92.4 Å². The molecule has 2 aromatic heterocycles. The second-order valence-corrected chi connectivity index (χ2v) is 16.2. The van der Waals surface area contributed by atoms with Crippen LogP contribution in [0.2, 0.25) is 23.2 Å². The van der Waals surface area contributed by atoms with Crippen LogP contribution < -0.4 is 5.32 Å². The number of aromatic amines is 1. The minimum atomic E-state index is -2.03. The molecule has 2 N–H and O–H groups in total. The first-order chi connectivity index (χ1) is 14.7. The summed E-state index contributed by atoms with van der Waals surface area (Å²) in [4.78, 5) is 26.4. The Bertz CT molecular complexity index is 967. The summed E-state index contributed by atoms with van der Waals surface area (Å²) in [5.74, 6) is 0.642. The number of H-pyrrole nitrogens is 1. The summed E-state index contributed by atoms with van der Waals surface area (Å²) in [7, 11) is -2.03. The van der Waals surface area contributed by atoms with Crippen molar-refractivity contribution in [2.75, 3.05) is 18.4 Å². The summed E-state index contributed by atoms with van der Waals surface area (Å²) in [6, 6.07) is -0.0740. The highest BCUT2D eigenvalue weighted by molar-refractivity contribution is 6.74. The van der Waals surface area contributed by atoms with Gasteiger partial charge in [0.25, 0.3) is 0 Å². The molecule has 10 heteroatoms. The zero-order valence-electron chi connectivity index (χ0n) is 20.4. The fourth-order valence-electron chi connectivity index (χ4n) is 3.54. The summed E-state index contributed by atoms with van der Waals surface area (Å²) < 4.78 is 12.4. The molecule has 1 amide bonds. The van der Waals surface area contributed by atoms with E-state index >= 15 is 0 Å². The molecule has 3 heterocycles. The average molecular weight is 482 g/mol. The Hall–Kier alpha value is -1.84. The Labute approximate surface area is 196 Å². The maximum atomic E-state index is 12.9. The van der Waals surface area contributed by atoms with E-state index in [1.165, 1.54) is 6.33 Å². The van der Waals surface area contributed by atoms with Crippen LogP contribution in [0.5, 0.6) is 0 Å². The van der Waals surface area contributed by atoms with Crippen LogP contribution in [0.15, 0.2) is 12.5 Å². The largest absolute Gasteiger partial charge is 0.444 e. The lowest BCUT2D eigenvalue weighted by Gasteiger charge is -2.44. The number of hydrogen-bond donors (Lipinski definition) is 2. The number of carbonyl (C=O) groups is 1. The number of piperidine rings is 1. The molecule has 178 valence electrons. The van der Waals surface area contributed by atoms with E-state index in [4.69, 9.17) is 20.8 Å². The Morgan fingerprint density at radius 1 is 1.22 bits per heavy atom. The molecule has 0 radical (unpaired) electrons. The van der Waals surface area contributed by atoms with Crippen molar-refractivity contribution in [1.29, 1.82) is 0 Å². The number of nitrogens with one attached hydrogen (secondary N) is 2. The van der Waals surface area contributed by atoms with Crippen molar-refractivity contribution in [3.05, 3.63) is 17.5 Å². The summed E-state index contributed by atoms with van der Waals surface area (Å²) in [5, 5.41) is 4.85. The van der Waals surface area contributed by atoms with E-state index in [0.717, 1.165) is 11.8 Å². The number of ether oxygens (including phenoxy) is 1. The highest BCUT2D eigenvalue weighted by Gasteiger charge is 2.42. The average Bonchev–Trinajstić information content (AvgIpc) is 3.01. The van der Waals surface area contributed by atoms with E-state index in [2.05, 4.69) is 54.1 Å². The first-order valence-electron chi connectivity index (χ1n) is 11.1. The maximum Gasteiger partial charge on any atom is 0.410 e. The lowest BCUT2D eigenvalue weighted by Crippen LogP contribution is -2.56. The molecule has 0 bridgehead atoms. The van der Waals surface area contributed by atoms with Crippen molar-refractivity contribution >= 4 is 42.9 Å². The lowest BCUT2D eigenvalue weighted by atomic mass is 10.0. The minimum absolute atomic E-state index is 0.0710. The highest BCUT2D eigenvalue weighted by atomic mass is 35.5. The molecule has 2 aromatic rings. The number of carbonyl (C=O) groups excluding carboxylic acids is 1. The Kier molecular flexibility index (Phi) is 6.84. The van der Waals surface area contributed by atoms with Crippen LogP contribution >= 0.6 is 11.6 Å². The Morgan fingerprint density at radius 2 is 1.91 bits per heavy atom. The number of fused-ring (bicyclic) bond motifs is 1. The van der Waals surface area contributed by atoms with E-state index in [9.17, 15) is 4.79 Å². The van der Waals surface area contributed by atoms with Crippen LogP contribution in [0.25, 0.3) is 11.0 Å². The van der Waals surface area contributed by atoms with E-state index in [-0.39, 0.29) is 23.3 Å². The van der Waals surface area contributed by atoms with Gasteiger partial charge in [-0.25, -0.2) is 14.8 Å². The molecule has 32 heavy (non-hydrogen) atoms. The number of halogens is 1. The van der Waals surface area contributed by atoms with Crippen LogP contribution in [0.4, 0.5) is 10.6 Å². The smallest absolute Gasteiger partial charge is 0.410 e. The minimum Gasteiger partial charge on any atom is -0.444 e. The molecule has 3 rings (SSSR count). The van der Waals surface area contributed by atoms with Gasteiger partial charge in [-0.05, 0) is 45.3 Å². The van der Waals surface area contributed by atoms with Crippen LogP contribution in [0, 0.1) is 0 Å². The van der Waals surface area contributed by atoms with Crippen LogP contribution in [0.1, 0.15) is 48.0 Å². The van der Waals surface area contributed by atoms with Gasteiger partial charge in [0.2, 0.25) is 0 Å². The van der Waals surface area contributed by atoms with Gasteiger partial charge in [-0.2, -0.15) is 0 Å². The third-order valence-corrected chi connectivity index (χ3v) is 10.9. The predicted octanol–water partition coefficient (Wildman–Crippen LogP) is 5.42. The molecule has 1 aliphatic rings. The van der Waals surface area contributed by atoms with Crippen LogP contribution in [-0.4, -0.2) is 65.1 Å².